The first-order valence-corrected chi connectivity index (χ1v) is 9.16. The van der Waals surface area contributed by atoms with E-state index in [1.807, 2.05) is 0 Å². The molecule has 0 aromatic heterocycles. The molecule has 0 amide bonds. The number of ketones is 1. The van der Waals surface area contributed by atoms with Crippen molar-refractivity contribution in [2.45, 2.75) is 51.0 Å². The second kappa shape index (κ2) is 5.47. The molecule has 1 fully saturated rings. The fourth-order valence-corrected chi connectivity index (χ4v) is 4.28. The molecule has 132 valence electrons. The van der Waals surface area contributed by atoms with Gasteiger partial charge in [-0.05, 0) is 37.8 Å². The Morgan fingerprint density at radius 1 is 1.12 bits per heavy atom. The molecular weight excluding hydrogens is 345 g/mol. The third-order valence-electron chi connectivity index (χ3n) is 5.00. The average molecular weight is 362 g/mol. The number of alkyl halides is 3. The van der Waals surface area contributed by atoms with Gasteiger partial charge in [0.15, 0.2) is 5.78 Å². The summed E-state index contributed by atoms with van der Waals surface area (Å²) < 4.78 is 64.8. The van der Waals surface area contributed by atoms with Crippen LogP contribution >= 0.6 is 0 Å². The van der Waals surface area contributed by atoms with Crippen LogP contribution in [0, 0.1) is 12.3 Å². The summed E-state index contributed by atoms with van der Waals surface area (Å²) in [7, 11) is -5.76. The van der Waals surface area contributed by atoms with Crippen LogP contribution in [0.5, 0.6) is 5.75 Å². The summed E-state index contributed by atoms with van der Waals surface area (Å²) in [4.78, 5) is 12.9. The number of halogens is 3. The van der Waals surface area contributed by atoms with Crippen molar-refractivity contribution in [1.29, 1.82) is 0 Å². The Kier molecular flexibility index (Phi) is 3.94. The van der Waals surface area contributed by atoms with Gasteiger partial charge in [0.2, 0.25) is 0 Å². The zero-order valence-electron chi connectivity index (χ0n) is 13.1. The monoisotopic (exact) mass is 362 g/mol. The molecule has 0 bridgehead atoms. The van der Waals surface area contributed by atoms with Crippen LogP contribution in [0.4, 0.5) is 13.2 Å². The highest BCUT2D eigenvalue weighted by Gasteiger charge is 2.51. The van der Waals surface area contributed by atoms with Gasteiger partial charge in [-0.2, -0.15) is 21.6 Å². The quantitative estimate of drug-likeness (QED) is 0.591. The molecule has 0 atom stereocenters. The van der Waals surface area contributed by atoms with Crippen LogP contribution in [0.15, 0.2) is 12.1 Å². The van der Waals surface area contributed by atoms with E-state index in [1.54, 1.807) is 6.92 Å². The van der Waals surface area contributed by atoms with E-state index in [9.17, 15) is 26.4 Å². The summed E-state index contributed by atoms with van der Waals surface area (Å²) in [5.74, 6) is -0.478. The first kappa shape index (κ1) is 17.3. The molecule has 0 radical (unpaired) electrons. The molecule has 2 aliphatic carbocycles. The minimum Gasteiger partial charge on any atom is -0.376 e. The van der Waals surface area contributed by atoms with Gasteiger partial charge in [-0.15, -0.1) is 0 Å². The molecule has 1 aromatic carbocycles. The van der Waals surface area contributed by atoms with Gasteiger partial charge in [0, 0.05) is 16.5 Å². The van der Waals surface area contributed by atoms with Gasteiger partial charge in [0.25, 0.3) is 0 Å². The van der Waals surface area contributed by atoms with Crippen molar-refractivity contribution in [3.05, 3.63) is 28.8 Å². The fourth-order valence-electron chi connectivity index (χ4n) is 3.80. The van der Waals surface area contributed by atoms with Crippen LogP contribution in [0.3, 0.4) is 0 Å². The Hall–Kier alpha value is -1.57. The number of hydrogen-bond donors (Lipinski definition) is 0. The minimum atomic E-state index is -5.76. The molecule has 0 aliphatic heterocycles. The highest BCUT2D eigenvalue weighted by Crippen LogP contribution is 2.50. The lowest BCUT2D eigenvalue weighted by Crippen LogP contribution is -2.30. The molecule has 0 heterocycles. The number of carbonyl (C=O) groups is 1. The lowest BCUT2D eigenvalue weighted by molar-refractivity contribution is -0.0500. The topological polar surface area (TPSA) is 60.4 Å². The molecule has 1 saturated carbocycles. The largest absolute Gasteiger partial charge is 0.534 e. The van der Waals surface area contributed by atoms with E-state index >= 15 is 0 Å². The number of fused-ring (bicyclic) bond motifs is 1. The van der Waals surface area contributed by atoms with E-state index in [-0.39, 0.29) is 23.5 Å². The van der Waals surface area contributed by atoms with Gasteiger partial charge < -0.3 is 4.18 Å². The second-order valence-corrected chi connectivity index (χ2v) is 8.10. The molecule has 2 aliphatic rings. The summed E-state index contributed by atoms with van der Waals surface area (Å²) in [5.41, 5.74) is -4.88. The standard InChI is InChI=1S/C16H17F3O4S/c1-10-5-6-12(23-24(21,22)16(17,18)19)11-9-15(14(20)13(10)11)7-3-2-4-8-15/h5-6H,2-4,7-9H2,1H3. The van der Waals surface area contributed by atoms with Gasteiger partial charge in [-0.1, -0.05) is 25.3 Å². The van der Waals surface area contributed by atoms with Crippen LogP contribution in [0.2, 0.25) is 0 Å². The molecule has 3 rings (SSSR count). The van der Waals surface area contributed by atoms with Crippen molar-refractivity contribution in [3.63, 3.8) is 0 Å². The van der Waals surface area contributed by atoms with Crippen molar-refractivity contribution < 1.29 is 30.6 Å². The molecule has 0 N–H and O–H groups in total. The number of Topliss-reactive ketones (excluding diaryl/α,β-unsaturated/α-hetero) is 1. The third-order valence-corrected chi connectivity index (χ3v) is 5.96. The average Bonchev–Trinajstić information content (AvgIpc) is 2.76. The van der Waals surface area contributed by atoms with Crippen molar-refractivity contribution in [2.75, 3.05) is 0 Å². The van der Waals surface area contributed by atoms with Gasteiger partial charge in [0.1, 0.15) is 5.75 Å². The predicted molar refractivity (Wildman–Crippen MR) is 80.3 cm³/mol. The highest BCUT2D eigenvalue weighted by molar-refractivity contribution is 7.88. The lowest BCUT2D eigenvalue weighted by atomic mass is 9.71. The maximum absolute atomic E-state index is 12.9. The maximum Gasteiger partial charge on any atom is 0.534 e. The highest BCUT2D eigenvalue weighted by atomic mass is 32.2. The second-order valence-electron chi connectivity index (χ2n) is 6.56. The van der Waals surface area contributed by atoms with Gasteiger partial charge in [-0.3, -0.25) is 4.79 Å². The Morgan fingerprint density at radius 2 is 1.75 bits per heavy atom. The Bertz CT molecular complexity index is 790. The van der Waals surface area contributed by atoms with Gasteiger partial charge in [-0.25, -0.2) is 0 Å². The Balaban J connectivity index is 2.05. The fraction of sp³-hybridized carbons (Fsp3) is 0.562. The molecule has 8 heteroatoms. The third kappa shape index (κ3) is 2.60. The summed E-state index contributed by atoms with van der Waals surface area (Å²) in [6.45, 7) is 1.70. The SMILES string of the molecule is Cc1ccc(OS(=O)(=O)C(F)(F)F)c2c1C(=O)C1(CCCCC1)C2. The first-order chi connectivity index (χ1) is 11.1. The van der Waals surface area contributed by atoms with E-state index in [2.05, 4.69) is 4.18 Å². The van der Waals surface area contributed by atoms with E-state index < -0.39 is 21.0 Å². The van der Waals surface area contributed by atoms with Gasteiger partial charge in [0.05, 0.1) is 0 Å². The number of benzene rings is 1. The molecule has 4 nitrogen and oxygen atoms in total. The van der Waals surface area contributed by atoms with Crippen LogP contribution in [-0.4, -0.2) is 19.7 Å². The summed E-state index contributed by atoms with van der Waals surface area (Å²) in [6, 6.07) is 2.63. The molecule has 1 spiro atoms. The molecule has 0 unspecified atom stereocenters. The Morgan fingerprint density at radius 3 is 2.33 bits per heavy atom. The molecule has 24 heavy (non-hydrogen) atoms. The zero-order valence-corrected chi connectivity index (χ0v) is 13.9. The Labute approximate surface area is 138 Å². The van der Waals surface area contributed by atoms with Crippen LogP contribution in [-0.2, 0) is 16.5 Å². The number of aryl methyl sites for hydroxylation is 1. The van der Waals surface area contributed by atoms with Crippen molar-refractivity contribution in [2.24, 2.45) is 5.41 Å². The van der Waals surface area contributed by atoms with E-state index in [4.69, 9.17) is 0 Å². The van der Waals surface area contributed by atoms with Crippen LogP contribution in [0.25, 0.3) is 0 Å². The maximum atomic E-state index is 12.9. The molecule has 1 aromatic rings. The summed E-state index contributed by atoms with van der Waals surface area (Å²) in [6.07, 6.45) is 4.38. The number of carbonyl (C=O) groups excluding carboxylic acids is 1. The van der Waals surface area contributed by atoms with Crippen molar-refractivity contribution >= 4 is 15.9 Å². The molecular formula is C16H17F3O4S. The van der Waals surface area contributed by atoms with Crippen molar-refractivity contribution in [3.8, 4) is 5.75 Å². The smallest absolute Gasteiger partial charge is 0.376 e. The van der Waals surface area contributed by atoms with E-state index in [0.29, 0.717) is 24.0 Å². The normalized spacial score (nSPS) is 20.2. The summed E-state index contributed by atoms with van der Waals surface area (Å²) in [5, 5.41) is 0. The lowest BCUT2D eigenvalue weighted by Gasteiger charge is -2.31. The summed E-state index contributed by atoms with van der Waals surface area (Å²) >= 11 is 0. The number of rotatable bonds is 2. The van der Waals surface area contributed by atoms with Crippen molar-refractivity contribution in [1.82, 2.24) is 0 Å². The number of hydrogen-bond acceptors (Lipinski definition) is 4. The van der Waals surface area contributed by atoms with Crippen LogP contribution < -0.4 is 4.18 Å². The van der Waals surface area contributed by atoms with E-state index in [1.165, 1.54) is 12.1 Å². The first-order valence-electron chi connectivity index (χ1n) is 7.75. The van der Waals surface area contributed by atoms with Crippen LogP contribution in [0.1, 0.15) is 53.6 Å². The molecule has 0 saturated heterocycles. The zero-order chi connectivity index (χ0) is 17.8. The predicted octanol–water partition coefficient (Wildman–Crippen LogP) is 3.91. The van der Waals surface area contributed by atoms with E-state index in [0.717, 1.165) is 19.3 Å². The van der Waals surface area contributed by atoms with Gasteiger partial charge >= 0.3 is 15.6 Å². The minimum absolute atomic E-state index is 0.0930.